The number of nitrogens with zero attached hydrogens (tertiary/aromatic N) is 2. The highest BCUT2D eigenvalue weighted by Gasteiger charge is 2.12. The second-order valence-electron chi connectivity index (χ2n) is 2.84. The molecule has 1 rings (SSSR count). The fourth-order valence-electron chi connectivity index (χ4n) is 1.22. The van der Waals surface area contributed by atoms with Gasteiger partial charge in [-0.25, -0.2) is 9.78 Å². The minimum absolute atomic E-state index is 0.210. The third-order valence-electron chi connectivity index (χ3n) is 1.94. The SMILES string of the molecule is CCOCCn1c(C(=O)O)cnc1C. The predicted molar refractivity (Wildman–Crippen MR) is 50.4 cm³/mol. The topological polar surface area (TPSA) is 64.3 Å². The quantitative estimate of drug-likeness (QED) is 0.715. The van der Waals surface area contributed by atoms with Crippen LogP contribution in [0.5, 0.6) is 0 Å². The molecule has 0 aliphatic rings. The first kappa shape index (κ1) is 10.7. The molecule has 78 valence electrons. The summed E-state index contributed by atoms with van der Waals surface area (Å²) in [4.78, 5) is 14.7. The number of hydrogen-bond donors (Lipinski definition) is 1. The van der Waals surface area contributed by atoms with Crippen molar-refractivity contribution in [2.45, 2.75) is 20.4 Å². The molecule has 0 bridgehead atoms. The van der Waals surface area contributed by atoms with Gasteiger partial charge in [0.2, 0.25) is 0 Å². The van der Waals surface area contributed by atoms with Crippen LogP contribution in [-0.2, 0) is 11.3 Å². The summed E-state index contributed by atoms with van der Waals surface area (Å²) in [5, 5.41) is 8.83. The zero-order valence-corrected chi connectivity index (χ0v) is 8.36. The van der Waals surface area contributed by atoms with Crippen LogP contribution in [0, 0.1) is 6.92 Å². The van der Waals surface area contributed by atoms with Crippen molar-refractivity contribution < 1.29 is 14.6 Å². The summed E-state index contributed by atoms with van der Waals surface area (Å²) >= 11 is 0. The highest BCUT2D eigenvalue weighted by atomic mass is 16.5. The van der Waals surface area contributed by atoms with E-state index in [4.69, 9.17) is 9.84 Å². The van der Waals surface area contributed by atoms with E-state index >= 15 is 0 Å². The molecule has 14 heavy (non-hydrogen) atoms. The van der Waals surface area contributed by atoms with Gasteiger partial charge in [-0.2, -0.15) is 0 Å². The highest BCUT2D eigenvalue weighted by molar-refractivity contribution is 5.85. The smallest absolute Gasteiger partial charge is 0.354 e. The number of aromatic carboxylic acids is 1. The number of carboxylic acid groups (broad SMARTS) is 1. The maximum Gasteiger partial charge on any atom is 0.354 e. The molecule has 5 nitrogen and oxygen atoms in total. The molecule has 0 fully saturated rings. The average molecular weight is 198 g/mol. The van der Waals surface area contributed by atoms with Gasteiger partial charge in [0, 0.05) is 13.2 Å². The van der Waals surface area contributed by atoms with Crippen molar-refractivity contribution in [3.05, 3.63) is 17.7 Å². The van der Waals surface area contributed by atoms with E-state index in [-0.39, 0.29) is 5.69 Å². The Morgan fingerprint density at radius 3 is 3.00 bits per heavy atom. The maximum absolute atomic E-state index is 10.8. The van der Waals surface area contributed by atoms with Crippen LogP contribution in [0.4, 0.5) is 0 Å². The minimum Gasteiger partial charge on any atom is -0.477 e. The van der Waals surface area contributed by atoms with Gasteiger partial charge in [-0.1, -0.05) is 0 Å². The molecule has 1 heterocycles. The average Bonchev–Trinajstić information content (AvgIpc) is 2.48. The lowest BCUT2D eigenvalue weighted by Gasteiger charge is -2.07. The number of aromatic nitrogens is 2. The van der Waals surface area contributed by atoms with E-state index in [0.717, 1.165) is 0 Å². The number of carboxylic acids is 1. The summed E-state index contributed by atoms with van der Waals surface area (Å²) in [6.45, 7) is 5.35. The molecule has 1 N–H and O–H groups in total. The molecule has 1 aromatic heterocycles. The fraction of sp³-hybridized carbons (Fsp3) is 0.556. The summed E-state index contributed by atoms with van der Waals surface area (Å²) in [6.07, 6.45) is 1.36. The van der Waals surface area contributed by atoms with Crippen LogP contribution in [0.2, 0.25) is 0 Å². The molecule has 0 aliphatic carbocycles. The van der Waals surface area contributed by atoms with Crippen molar-refractivity contribution in [1.29, 1.82) is 0 Å². The van der Waals surface area contributed by atoms with E-state index in [1.54, 1.807) is 11.5 Å². The van der Waals surface area contributed by atoms with Crippen molar-refractivity contribution in [2.24, 2.45) is 0 Å². The molecule has 5 heteroatoms. The Balaban J connectivity index is 2.72. The second kappa shape index (κ2) is 4.76. The first-order chi connectivity index (χ1) is 6.66. The van der Waals surface area contributed by atoms with Gasteiger partial charge in [-0.05, 0) is 13.8 Å². The normalized spacial score (nSPS) is 10.4. The van der Waals surface area contributed by atoms with Gasteiger partial charge in [-0.15, -0.1) is 0 Å². The molecular weight excluding hydrogens is 184 g/mol. The van der Waals surface area contributed by atoms with E-state index in [2.05, 4.69) is 4.98 Å². The zero-order chi connectivity index (χ0) is 10.6. The van der Waals surface area contributed by atoms with Gasteiger partial charge in [0.15, 0.2) is 0 Å². The van der Waals surface area contributed by atoms with E-state index in [1.807, 2.05) is 6.92 Å². The highest BCUT2D eigenvalue weighted by Crippen LogP contribution is 2.04. The summed E-state index contributed by atoms with van der Waals surface area (Å²) in [5.74, 6) is -0.260. The summed E-state index contributed by atoms with van der Waals surface area (Å²) in [5.41, 5.74) is 0.210. The van der Waals surface area contributed by atoms with Crippen LogP contribution in [0.25, 0.3) is 0 Å². The largest absolute Gasteiger partial charge is 0.477 e. The van der Waals surface area contributed by atoms with E-state index in [1.165, 1.54) is 6.20 Å². The van der Waals surface area contributed by atoms with Crippen LogP contribution in [0.3, 0.4) is 0 Å². The number of ether oxygens (including phenoxy) is 1. The standard InChI is InChI=1S/C9H14N2O3/c1-3-14-5-4-11-7(2)10-6-8(11)9(12)13/h6H,3-5H2,1-2H3,(H,12,13). The van der Waals surface area contributed by atoms with Gasteiger partial charge in [0.05, 0.1) is 12.8 Å². The molecule has 0 saturated carbocycles. The Bertz CT molecular complexity index is 320. The van der Waals surface area contributed by atoms with E-state index < -0.39 is 5.97 Å². The van der Waals surface area contributed by atoms with Crippen LogP contribution in [0.1, 0.15) is 23.2 Å². The third-order valence-corrected chi connectivity index (χ3v) is 1.94. The zero-order valence-electron chi connectivity index (χ0n) is 8.36. The maximum atomic E-state index is 10.8. The van der Waals surface area contributed by atoms with Gasteiger partial charge in [0.1, 0.15) is 11.5 Å². The summed E-state index contributed by atoms with van der Waals surface area (Å²) in [6, 6.07) is 0. The summed E-state index contributed by atoms with van der Waals surface area (Å²) in [7, 11) is 0. The lowest BCUT2D eigenvalue weighted by atomic mass is 10.4. The number of imidazole rings is 1. The van der Waals surface area contributed by atoms with Crippen molar-refractivity contribution in [1.82, 2.24) is 9.55 Å². The minimum atomic E-state index is -0.956. The number of carbonyl (C=O) groups is 1. The number of hydrogen-bond acceptors (Lipinski definition) is 3. The molecule has 0 spiro atoms. The van der Waals surface area contributed by atoms with Crippen molar-refractivity contribution >= 4 is 5.97 Å². The molecule has 0 atom stereocenters. The lowest BCUT2D eigenvalue weighted by molar-refractivity contribution is 0.0680. The molecular formula is C9H14N2O3. The van der Waals surface area contributed by atoms with Crippen molar-refractivity contribution in [2.75, 3.05) is 13.2 Å². The van der Waals surface area contributed by atoms with Gasteiger partial charge >= 0.3 is 5.97 Å². The van der Waals surface area contributed by atoms with E-state index in [0.29, 0.717) is 25.6 Å². The Morgan fingerprint density at radius 1 is 1.71 bits per heavy atom. The van der Waals surface area contributed by atoms with Crippen LogP contribution >= 0.6 is 0 Å². The first-order valence-electron chi connectivity index (χ1n) is 4.50. The third kappa shape index (κ3) is 2.32. The molecule has 0 aliphatic heterocycles. The molecule has 0 saturated heterocycles. The van der Waals surface area contributed by atoms with Crippen molar-refractivity contribution in [3.8, 4) is 0 Å². The second-order valence-corrected chi connectivity index (χ2v) is 2.84. The molecule has 0 unspecified atom stereocenters. The molecule has 0 aromatic carbocycles. The Labute approximate surface area is 82.3 Å². The van der Waals surface area contributed by atoms with Crippen LogP contribution in [0.15, 0.2) is 6.20 Å². The Kier molecular flexibility index (Phi) is 3.64. The van der Waals surface area contributed by atoms with Gasteiger partial charge in [0.25, 0.3) is 0 Å². The molecule has 0 amide bonds. The van der Waals surface area contributed by atoms with Gasteiger partial charge in [-0.3, -0.25) is 0 Å². The molecule has 1 aromatic rings. The lowest BCUT2D eigenvalue weighted by Crippen LogP contribution is -2.13. The van der Waals surface area contributed by atoms with Crippen LogP contribution < -0.4 is 0 Å². The number of rotatable bonds is 5. The van der Waals surface area contributed by atoms with Crippen LogP contribution in [-0.4, -0.2) is 33.8 Å². The Hall–Kier alpha value is -1.36. The van der Waals surface area contributed by atoms with Crippen molar-refractivity contribution in [3.63, 3.8) is 0 Å². The predicted octanol–water partition coefficient (Wildman–Crippen LogP) is 0.926. The molecule has 0 radical (unpaired) electrons. The van der Waals surface area contributed by atoms with E-state index in [9.17, 15) is 4.79 Å². The first-order valence-corrected chi connectivity index (χ1v) is 4.50. The number of aryl methyl sites for hydroxylation is 1. The monoisotopic (exact) mass is 198 g/mol. The Morgan fingerprint density at radius 2 is 2.43 bits per heavy atom. The fourth-order valence-corrected chi connectivity index (χ4v) is 1.22. The summed E-state index contributed by atoms with van der Waals surface area (Å²) < 4.78 is 6.79. The van der Waals surface area contributed by atoms with Gasteiger partial charge < -0.3 is 14.4 Å².